The minimum Gasteiger partial charge on any atom is -0.503 e. The van der Waals surface area contributed by atoms with Gasteiger partial charge in [-0.15, -0.1) is 5.10 Å². The number of benzene rings is 2. The molecule has 0 radical (unpaired) electrons. The third kappa shape index (κ3) is 4.53. The third-order valence-electron chi connectivity index (χ3n) is 5.51. The number of alkyl halides is 6. The molecular weight excluding hydrogens is 492 g/mol. The SMILES string of the molecule is Cc1ccc(N2C(=O)C(O)=C(C(=O)c3ccc(C(F)(F)F)cc3)C2c2ccc(C(F)(F)F)cc2)nn1. The van der Waals surface area contributed by atoms with Crippen molar-refractivity contribution in [2.45, 2.75) is 25.3 Å². The molecule has 0 bridgehead atoms. The Bertz CT molecular complexity index is 1350. The van der Waals surface area contributed by atoms with Crippen LogP contribution in [0.3, 0.4) is 0 Å². The van der Waals surface area contributed by atoms with Gasteiger partial charge >= 0.3 is 12.4 Å². The van der Waals surface area contributed by atoms with Crippen LogP contribution in [0.1, 0.15) is 38.8 Å². The summed E-state index contributed by atoms with van der Waals surface area (Å²) in [4.78, 5) is 27.2. The van der Waals surface area contributed by atoms with Gasteiger partial charge in [-0.3, -0.25) is 14.5 Å². The molecule has 36 heavy (non-hydrogen) atoms. The van der Waals surface area contributed by atoms with E-state index in [-0.39, 0.29) is 16.9 Å². The van der Waals surface area contributed by atoms with E-state index < -0.39 is 52.5 Å². The number of aliphatic hydroxyl groups is 1. The summed E-state index contributed by atoms with van der Waals surface area (Å²) < 4.78 is 78.0. The molecule has 1 aromatic heterocycles. The van der Waals surface area contributed by atoms with Crippen LogP contribution in [-0.4, -0.2) is 27.0 Å². The molecule has 1 aliphatic heterocycles. The number of amides is 1. The summed E-state index contributed by atoms with van der Waals surface area (Å²) in [5.41, 5.74) is -2.29. The van der Waals surface area contributed by atoms with Crippen molar-refractivity contribution in [2.75, 3.05) is 4.90 Å². The normalized spacial score (nSPS) is 16.6. The zero-order chi connectivity index (χ0) is 26.4. The van der Waals surface area contributed by atoms with E-state index in [4.69, 9.17) is 0 Å². The lowest BCUT2D eigenvalue weighted by Gasteiger charge is -2.26. The molecule has 6 nitrogen and oxygen atoms in total. The second-order valence-electron chi connectivity index (χ2n) is 7.90. The lowest BCUT2D eigenvalue weighted by molar-refractivity contribution is -0.138. The van der Waals surface area contributed by atoms with Crippen LogP contribution in [0.15, 0.2) is 72.0 Å². The molecule has 1 amide bonds. The lowest BCUT2D eigenvalue weighted by Crippen LogP contribution is -2.32. The first-order valence-electron chi connectivity index (χ1n) is 10.2. The molecule has 0 fully saturated rings. The molecule has 186 valence electrons. The Balaban J connectivity index is 1.83. The number of carbonyl (C=O) groups is 2. The van der Waals surface area contributed by atoms with E-state index in [1.165, 1.54) is 12.1 Å². The van der Waals surface area contributed by atoms with Crippen LogP contribution in [0, 0.1) is 6.92 Å². The number of ketones is 1. The molecule has 0 aliphatic carbocycles. The molecule has 2 heterocycles. The van der Waals surface area contributed by atoms with Crippen molar-refractivity contribution in [3.8, 4) is 0 Å². The Morgan fingerprint density at radius 3 is 1.83 bits per heavy atom. The summed E-state index contributed by atoms with van der Waals surface area (Å²) in [6.45, 7) is 1.62. The van der Waals surface area contributed by atoms with Gasteiger partial charge in [-0.05, 0) is 48.9 Å². The van der Waals surface area contributed by atoms with Crippen LogP contribution < -0.4 is 4.90 Å². The van der Waals surface area contributed by atoms with Crippen LogP contribution in [0.2, 0.25) is 0 Å². The van der Waals surface area contributed by atoms with Crippen LogP contribution in [0.4, 0.5) is 32.2 Å². The maximum atomic E-state index is 13.3. The van der Waals surface area contributed by atoms with Gasteiger partial charge in [0.2, 0.25) is 0 Å². The number of hydrogen-bond acceptors (Lipinski definition) is 5. The first kappa shape index (κ1) is 24.9. The molecule has 12 heteroatoms. The maximum absolute atomic E-state index is 13.3. The Morgan fingerprint density at radius 2 is 1.36 bits per heavy atom. The van der Waals surface area contributed by atoms with Crippen molar-refractivity contribution in [1.29, 1.82) is 0 Å². The van der Waals surface area contributed by atoms with E-state index in [9.17, 15) is 41.0 Å². The number of carbonyl (C=O) groups excluding carboxylic acids is 2. The second-order valence-corrected chi connectivity index (χ2v) is 7.90. The lowest BCUT2D eigenvalue weighted by atomic mass is 9.92. The number of aryl methyl sites for hydroxylation is 1. The number of nitrogens with zero attached hydrogens (tertiary/aromatic N) is 3. The predicted octanol–water partition coefficient (Wildman–Crippen LogP) is 5.61. The highest BCUT2D eigenvalue weighted by Crippen LogP contribution is 2.42. The van der Waals surface area contributed by atoms with Crippen molar-refractivity contribution in [1.82, 2.24) is 10.2 Å². The van der Waals surface area contributed by atoms with Gasteiger partial charge in [0, 0.05) is 5.56 Å². The molecule has 1 N–H and O–H groups in total. The highest BCUT2D eigenvalue weighted by atomic mass is 19.4. The summed E-state index contributed by atoms with van der Waals surface area (Å²) in [6.07, 6.45) is -9.31. The molecule has 0 saturated carbocycles. The summed E-state index contributed by atoms with van der Waals surface area (Å²) in [7, 11) is 0. The Kier molecular flexibility index (Phi) is 6.07. The zero-order valence-electron chi connectivity index (χ0n) is 18.2. The first-order valence-corrected chi connectivity index (χ1v) is 10.2. The van der Waals surface area contributed by atoms with Gasteiger partial charge < -0.3 is 5.11 Å². The highest BCUT2D eigenvalue weighted by Gasteiger charge is 2.45. The van der Waals surface area contributed by atoms with Gasteiger partial charge in [0.15, 0.2) is 17.4 Å². The first-order chi connectivity index (χ1) is 16.8. The van der Waals surface area contributed by atoms with E-state index in [1.54, 1.807) is 6.92 Å². The topological polar surface area (TPSA) is 83.4 Å². The summed E-state index contributed by atoms with van der Waals surface area (Å²) in [5, 5.41) is 18.4. The van der Waals surface area contributed by atoms with Gasteiger partial charge in [-0.2, -0.15) is 31.4 Å². The molecule has 3 aromatic rings. The van der Waals surface area contributed by atoms with E-state index in [2.05, 4.69) is 10.2 Å². The van der Waals surface area contributed by atoms with Crippen molar-refractivity contribution in [3.63, 3.8) is 0 Å². The number of anilines is 1. The molecule has 4 rings (SSSR count). The van der Waals surface area contributed by atoms with Crippen LogP contribution in [-0.2, 0) is 17.1 Å². The standard InChI is InChI=1S/C24H15F6N3O3/c1-12-2-11-17(32-31-12)33-19(13-3-7-15(8-4-13)23(25,26)27)18(21(35)22(33)36)20(34)14-5-9-16(10-6-14)24(28,29)30/h2-11,19,35H,1H3. The highest BCUT2D eigenvalue weighted by molar-refractivity contribution is 6.20. The van der Waals surface area contributed by atoms with E-state index in [0.29, 0.717) is 17.8 Å². The zero-order valence-corrected chi connectivity index (χ0v) is 18.2. The van der Waals surface area contributed by atoms with Gasteiger partial charge in [0.25, 0.3) is 5.91 Å². The number of Topliss-reactive ketones (excluding diaryl/α,β-unsaturated/α-hetero) is 1. The smallest absolute Gasteiger partial charge is 0.416 e. The minimum absolute atomic E-state index is 0.0260. The van der Waals surface area contributed by atoms with E-state index in [0.717, 1.165) is 41.3 Å². The summed E-state index contributed by atoms with van der Waals surface area (Å²) in [5.74, 6) is -3.17. The van der Waals surface area contributed by atoms with E-state index in [1.807, 2.05) is 0 Å². The molecule has 0 saturated heterocycles. The number of halogens is 6. The molecule has 0 spiro atoms. The van der Waals surface area contributed by atoms with Crippen molar-refractivity contribution in [2.24, 2.45) is 0 Å². The second kappa shape index (κ2) is 8.77. The average molecular weight is 507 g/mol. The van der Waals surface area contributed by atoms with Gasteiger partial charge in [-0.25, -0.2) is 0 Å². The molecule has 1 unspecified atom stereocenters. The Hall–Kier alpha value is -4.22. The van der Waals surface area contributed by atoms with E-state index >= 15 is 0 Å². The Morgan fingerprint density at radius 1 is 0.833 bits per heavy atom. The van der Waals surface area contributed by atoms with Crippen molar-refractivity contribution >= 4 is 17.5 Å². The number of aliphatic hydroxyl groups excluding tert-OH is 1. The molecular formula is C24H15F6N3O3. The predicted molar refractivity (Wildman–Crippen MR) is 114 cm³/mol. The summed E-state index contributed by atoms with van der Waals surface area (Å²) in [6, 6.07) is 8.09. The number of aromatic nitrogens is 2. The van der Waals surface area contributed by atoms with Gasteiger partial charge in [-0.1, -0.05) is 24.3 Å². The van der Waals surface area contributed by atoms with Crippen LogP contribution >= 0.6 is 0 Å². The largest absolute Gasteiger partial charge is 0.503 e. The third-order valence-corrected chi connectivity index (χ3v) is 5.51. The number of hydrogen-bond donors (Lipinski definition) is 1. The fraction of sp³-hybridized carbons (Fsp3) is 0.167. The van der Waals surface area contributed by atoms with Crippen molar-refractivity contribution in [3.05, 3.63) is 99.9 Å². The maximum Gasteiger partial charge on any atom is 0.416 e. The van der Waals surface area contributed by atoms with Crippen LogP contribution in [0.25, 0.3) is 0 Å². The fourth-order valence-electron chi connectivity index (χ4n) is 3.73. The summed E-state index contributed by atoms with van der Waals surface area (Å²) >= 11 is 0. The van der Waals surface area contributed by atoms with Crippen molar-refractivity contribution < 1.29 is 41.0 Å². The Labute approximate surface area is 199 Å². The van der Waals surface area contributed by atoms with Gasteiger partial charge in [0.05, 0.1) is 28.4 Å². The molecule has 1 atom stereocenters. The van der Waals surface area contributed by atoms with Gasteiger partial charge in [0.1, 0.15) is 0 Å². The number of rotatable bonds is 4. The van der Waals surface area contributed by atoms with Crippen LogP contribution in [0.5, 0.6) is 0 Å². The molecule has 2 aromatic carbocycles. The average Bonchev–Trinajstić information content (AvgIpc) is 3.09. The quantitative estimate of drug-likeness (QED) is 0.367. The monoisotopic (exact) mass is 507 g/mol. The fourth-order valence-corrected chi connectivity index (χ4v) is 3.73. The molecule has 1 aliphatic rings. The minimum atomic E-state index is -4.66.